The third-order valence-electron chi connectivity index (χ3n) is 0. The SMILES string of the molecule is O=S(=O)(O)O.[Ba+2].[H-].[H-].[O]=[V]=[O]. The summed E-state index contributed by atoms with van der Waals surface area (Å²) in [6.45, 7) is 0. The topological polar surface area (TPSA) is 109 Å². The molecule has 0 atom stereocenters. The van der Waals surface area contributed by atoms with Crippen LogP contribution in [0.2, 0.25) is 0 Å². The van der Waals surface area contributed by atoms with Crippen molar-refractivity contribution in [1.82, 2.24) is 0 Å². The van der Waals surface area contributed by atoms with E-state index >= 15 is 0 Å². The molecule has 9 heavy (non-hydrogen) atoms. The molecule has 0 unspecified atom stereocenters. The van der Waals surface area contributed by atoms with E-state index in [-0.39, 0.29) is 51.7 Å². The van der Waals surface area contributed by atoms with E-state index in [1.165, 1.54) is 0 Å². The molecule has 0 spiro atoms. The van der Waals surface area contributed by atoms with Crippen LogP contribution in [-0.2, 0) is 33.9 Å². The van der Waals surface area contributed by atoms with Crippen LogP contribution in [0.3, 0.4) is 0 Å². The van der Waals surface area contributed by atoms with Crippen molar-refractivity contribution in [1.29, 1.82) is 0 Å². The Morgan fingerprint density at radius 3 is 1.22 bits per heavy atom. The summed E-state index contributed by atoms with van der Waals surface area (Å²) < 4.78 is 48.5. The summed E-state index contributed by atoms with van der Waals surface area (Å²) in [6, 6.07) is 0. The third-order valence-corrected chi connectivity index (χ3v) is 0. The molecule has 0 amide bonds. The van der Waals surface area contributed by atoms with Gasteiger partial charge in [-0.3, -0.25) is 9.11 Å². The fourth-order valence-corrected chi connectivity index (χ4v) is 0. The minimum absolute atomic E-state index is 0. The molecule has 0 saturated carbocycles. The van der Waals surface area contributed by atoms with Crippen LogP contribution < -0.4 is 0 Å². The maximum absolute atomic E-state index is 8.74. The van der Waals surface area contributed by atoms with E-state index in [9.17, 15) is 0 Å². The first-order chi connectivity index (χ1) is 3.41. The van der Waals surface area contributed by atoms with Gasteiger partial charge in [-0.25, -0.2) is 0 Å². The van der Waals surface area contributed by atoms with Gasteiger partial charge >= 0.3 is 82.8 Å². The molecule has 0 aliphatic rings. The van der Waals surface area contributed by atoms with E-state index in [0.717, 1.165) is 0 Å². The molecule has 53 valence electrons. The maximum atomic E-state index is 8.74. The first-order valence-corrected chi connectivity index (χ1v) is 3.60. The molecule has 0 aromatic carbocycles. The molecule has 2 N–H and O–H groups in total. The van der Waals surface area contributed by atoms with Crippen molar-refractivity contribution in [3.8, 4) is 0 Å². The molecule has 0 saturated heterocycles. The van der Waals surface area contributed by atoms with Crippen LogP contribution in [0.4, 0.5) is 0 Å². The Kier molecular flexibility index (Phi) is 18.1. The molecule has 9 heteroatoms. The summed E-state index contributed by atoms with van der Waals surface area (Å²) in [7, 11) is -4.67. The molecule has 0 aromatic rings. The summed E-state index contributed by atoms with van der Waals surface area (Å²) in [5, 5.41) is 0. The van der Waals surface area contributed by atoms with Gasteiger partial charge in [-0.15, -0.1) is 0 Å². The van der Waals surface area contributed by atoms with E-state index < -0.39 is 26.6 Å². The Morgan fingerprint density at radius 1 is 1.22 bits per heavy atom. The van der Waals surface area contributed by atoms with Gasteiger partial charge in [0.2, 0.25) is 0 Å². The Morgan fingerprint density at radius 2 is 1.22 bits per heavy atom. The average molecular weight is 320 g/mol. The Bertz CT molecular complexity index is 161. The van der Waals surface area contributed by atoms with Crippen molar-refractivity contribution in [3.05, 3.63) is 0 Å². The van der Waals surface area contributed by atoms with Crippen molar-refractivity contribution in [3.63, 3.8) is 0 Å². The average Bonchev–Trinajstić information content (AvgIpc) is 1.27. The second-order valence-electron chi connectivity index (χ2n) is 0.522. The number of hydrogen-bond donors (Lipinski definition) is 2. The molecule has 0 radical (unpaired) electrons. The normalized spacial score (nSPS) is 7.33. The zero-order valence-electron chi connectivity index (χ0n) is 6.09. The molecule has 0 bridgehead atoms. The Hall–Kier alpha value is 1.63. The number of hydrogen-bond acceptors (Lipinski definition) is 4. The van der Waals surface area contributed by atoms with Gasteiger partial charge in [0.1, 0.15) is 0 Å². The van der Waals surface area contributed by atoms with E-state index in [1.807, 2.05) is 0 Å². The van der Waals surface area contributed by atoms with Crippen molar-refractivity contribution in [2.24, 2.45) is 0 Å². The molecule has 0 fully saturated rings. The van der Waals surface area contributed by atoms with E-state index in [2.05, 4.69) is 0 Å². The third kappa shape index (κ3) is 212. The van der Waals surface area contributed by atoms with Gasteiger partial charge in [0.25, 0.3) is 0 Å². The summed E-state index contributed by atoms with van der Waals surface area (Å²) in [5.74, 6) is 0. The van der Waals surface area contributed by atoms with E-state index in [4.69, 9.17) is 24.9 Å². The zero-order valence-corrected chi connectivity index (χ0v) is 10.7. The first-order valence-electron chi connectivity index (χ1n) is 1.06. The van der Waals surface area contributed by atoms with Crippen LogP contribution >= 0.6 is 0 Å². The predicted octanol–water partition coefficient (Wildman–Crippen LogP) is -1.05. The van der Waals surface area contributed by atoms with Crippen molar-refractivity contribution < 1.29 is 43.9 Å². The van der Waals surface area contributed by atoms with Crippen molar-refractivity contribution in [2.75, 3.05) is 0 Å². The second kappa shape index (κ2) is 9.63. The molecule has 0 rings (SSSR count). The predicted molar refractivity (Wildman–Crippen MR) is 23.5 cm³/mol. The molecule has 0 aromatic heterocycles. The van der Waals surface area contributed by atoms with E-state index in [0.29, 0.717) is 0 Å². The standard InChI is InChI=1S/Ba.H2O4S.2O.V.2H/c;1-5(2,3)4;;;;;/h;(H2,1,2,3,4);;;;;/q+2;;;;;2*-1. The fraction of sp³-hybridized carbons (Fsp3) is 0. The van der Waals surface area contributed by atoms with Crippen LogP contribution in [-0.4, -0.2) is 66.4 Å². The molecular formula is H4BaO6SV. The Labute approximate surface area is 102 Å². The van der Waals surface area contributed by atoms with Crippen molar-refractivity contribution in [2.45, 2.75) is 0 Å². The molecule has 0 heterocycles. The summed E-state index contributed by atoms with van der Waals surface area (Å²) in [4.78, 5) is 0. The van der Waals surface area contributed by atoms with Crippen LogP contribution in [0, 0.1) is 0 Å². The first kappa shape index (κ1) is 16.9. The van der Waals surface area contributed by atoms with Crippen molar-refractivity contribution >= 4 is 59.3 Å². The monoisotopic (exact) mass is 321 g/mol. The summed E-state index contributed by atoms with van der Waals surface area (Å²) in [6.07, 6.45) is 0. The van der Waals surface area contributed by atoms with Gasteiger partial charge in [0.15, 0.2) is 0 Å². The number of rotatable bonds is 0. The Balaban J connectivity index is -0.0000000183. The molecule has 0 aliphatic carbocycles. The summed E-state index contributed by atoms with van der Waals surface area (Å²) >= 11 is -1.81. The van der Waals surface area contributed by atoms with Crippen LogP contribution in [0.15, 0.2) is 0 Å². The van der Waals surface area contributed by atoms with Gasteiger partial charge in [0, 0.05) is 0 Å². The zero-order chi connectivity index (χ0) is 7.21. The molecule has 6 nitrogen and oxygen atoms in total. The molecular weight excluding hydrogens is 316 g/mol. The van der Waals surface area contributed by atoms with E-state index in [1.54, 1.807) is 0 Å². The van der Waals surface area contributed by atoms with Gasteiger partial charge in [-0.05, 0) is 0 Å². The van der Waals surface area contributed by atoms with Crippen LogP contribution in [0.1, 0.15) is 2.85 Å². The molecule has 0 aliphatic heterocycles. The van der Waals surface area contributed by atoms with Gasteiger partial charge in [0.05, 0.1) is 0 Å². The van der Waals surface area contributed by atoms with Crippen LogP contribution in [0.5, 0.6) is 0 Å². The minimum atomic E-state index is -4.67. The van der Waals surface area contributed by atoms with Gasteiger partial charge < -0.3 is 2.85 Å². The second-order valence-corrected chi connectivity index (χ2v) is 1.65. The fourth-order valence-electron chi connectivity index (χ4n) is 0. The van der Waals surface area contributed by atoms with Gasteiger partial charge in [-0.1, -0.05) is 0 Å². The summed E-state index contributed by atoms with van der Waals surface area (Å²) in [5.41, 5.74) is 0. The van der Waals surface area contributed by atoms with Crippen LogP contribution in [0.25, 0.3) is 0 Å². The van der Waals surface area contributed by atoms with Gasteiger partial charge in [-0.2, -0.15) is 8.42 Å². The quantitative estimate of drug-likeness (QED) is 0.435.